The van der Waals surface area contributed by atoms with Crippen molar-refractivity contribution < 1.29 is 13.2 Å². The van der Waals surface area contributed by atoms with Crippen LogP contribution >= 0.6 is 11.3 Å². The SMILES string of the molecule is Cc1cc2nc(C)c(CCC(=O)Nc3nc4ccc(S(C)(=O)=O)cc4s3)c(C)n2n1. The summed E-state index contributed by atoms with van der Waals surface area (Å²) in [6, 6.07) is 6.68. The molecule has 0 aliphatic carbocycles. The number of nitrogens with zero attached hydrogens (tertiary/aromatic N) is 4. The molecule has 1 aromatic carbocycles. The van der Waals surface area contributed by atoms with Crippen LogP contribution in [0.3, 0.4) is 0 Å². The average molecular weight is 444 g/mol. The van der Waals surface area contributed by atoms with Gasteiger partial charge < -0.3 is 5.32 Å². The standard InChI is InChI=1S/C20H21N5O3S2/c1-11-9-18-21-12(2)15(13(3)25(18)24-11)6-8-19(26)23-20-22-16-7-5-14(30(4,27)28)10-17(16)29-20/h5,7,9-10H,6,8H2,1-4H3,(H,22,23,26). The smallest absolute Gasteiger partial charge is 0.226 e. The van der Waals surface area contributed by atoms with E-state index in [0.29, 0.717) is 21.8 Å². The van der Waals surface area contributed by atoms with Gasteiger partial charge in [0, 0.05) is 30.1 Å². The van der Waals surface area contributed by atoms with Crippen molar-refractivity contribution in [2.24, 2.45) is 0 Å². The molecule has 0 saturated carbocycles. The first-order valence-corrected chi connectivity index (χ1v) is 12.1. The Bertz CT molecular complexity index is 1400. The molecule has 0 fully saturated rings. The molecule has 1 N–H and O–H groups in total. The lowest BCUT2D eigenvalue weighted by molar-refractivity contribution is -0.116. The highest BCUT2D eigenvalue weighted by molar-refractivity contribution is 7.90. The lowest BCUT2D eigenvalue weighted by atomic mass is 10.1. The Balaban J connectivity index is 1.49. The Labute approximate surface area is 177 Å². The maximum Gasteiger partial charge on any atom is 0.226 e. The summed E-state index contributed by atoms with van der Waals surface area (Å²) >= 11 is 1.25. The van der Waals surface area contributed by atoms with Gasteiger partial charge in [-0.2, -0.15) is 5.10 Å². The molecular formula is C20H21N5O3S2. The van der Waals surface area contributed by atoms with Gasteiger partial charge in [-0.25, -0.2) is 22.9 Å². The van der Waals surface area contributed by atoms with E-state index in [1.807, 2.05) is 31.4 Å². The van der Waals surface area contributed by atoms with Crippen LogP contribution in [-0.2, 0) is 21.1 Å². The fraction of sp³-hybridized carbons (Fsp3) is 0.300. The predicted molar refractivity (Wildman–Crippen MR) is 117 cm³/mol. The van der Waals surface area contributed by atoms with E-state index in [-0.39, 0.29) is 17.2 Å². The first kappa shape index (κ1) is 20.4. The lowest BCUT2D eigenvalue weighted by Gasteiger charge is -2.10. The first-order valence-electron chi connectivity index (χ1n) is 9.35. The van der Waals surface area contributed by atoms with Gasteiger partial charge in [-0.3, -0.25) is 4.79 Å². The second-order valence-corrected chi connectivity index (χ2v) is 10.3. The number of hydrogen-bond acceptors (Lipinski definition) is 7. The number of aromatic nitrogens is 4. The third-order valence-electron chi connectivity index (χ3n) is 4.92. The summed E-state index contributed by atoms with van der Waals surface area (Å²) in [5.74, 6) is -0.159. The molecule has 156 valence electrons. The van der Waals surface area contributed by atoms with Crippen molar-refractivity contribution in [2.75, 3.05) is 11.6 Å². The largest absolute Gasteiger partial charge is 0.302 e. The first-order chi connectivity index (χ1) is 14.1. The van der Waals surface area contributed by atoms with Crippen LogP contribution < -0.4 is 5.32 Å². The van der Waals surface area contributed by atoms with Crippen molar-refractivity contribution in [2.45, 2.75) is 38.5 Å². The van der Waals surface area contributed by atoms with E-state index in [0.717, 1.165) is 28.3 Å². The molecule has 0 radical (unpaired) electrons. The molecule has 1 amide bonds. The highest BCUT2D eigenvalue weighted by Crippen LogP contribution is 2.28. The minimum atomic E-state index is -3.29. The number of hydrogen-bond donors (Lipinski definition) is 1. The van der Waals surface area contributed by atoms with Crippen molar-refractivity contribution in [1.82, 2.24) is 19.6 Å². The minimum absolute atomic E-state index is 0.159. The van der Waals surface area contributed by atoms with Crippen LogP contribution in [0.15, 0.2) is 29.2 Å². The van der Waals surface area contributed by atoms with E-state index in [1.54, 1.807) is 12.1 Å². The number of carbonyl (C=O) groups is 1. The number of benzene rings is 1. The zero-order valence-corrected chi connectivity index (χ0v) is 18.7. The number of amides is 1. The summed E-state index contributed by atoms with van der Waals surface area (Å²) in [5.41, 5.74) is 5.22. The summed E-state index contributed by atoms with van der Waals surface area (Å²) in [4.78, 5) is 21.7. The number of carbonyl (C=O) groups excluding carboxylic acids is 1. The number of thiazole rings is 1. The molecule has 0 aliphatic heterocycles. The van der Waals surface area contributed by atoms with Gasteiger partial charge in [0.1, 0.15) is 0 Å². The van der Waals surface area contributed by atoms with E-state index in [1.165, 1.54) is 23.7 Å². The van der Waals surface area contributed by atoms with Crippen LogP contribution in [0.25, 0.3) is 15.9 Å². The van der Waals surface area contributed by atoms with Crippen LogP contribution in [0.2, 0.25) is 0 Å². The summed E-state index contributed by atoms with van der Waals surface area (Å²) in [6.07, 6.45) is 1.98. The van der Waals surface area contributed by atoms with Crippen molar-refractivity contribution in [3.05, 3.63) is 46.9 Å². The zero-order chi connectivity index (χ0) is 21.6. The fourth-order valence-corrected chi connectivity index (χ4v) is 5.06. The molecule has 0 bridgehead atoms. The predicted octanol–water partition coefficient (Wildman–Crippen LogP) is 3.24. The molecule has 0 saturated heterocycles. The maximum atomic E-state index is 12.5. The van der Waals surface area contributed by atoms with E-state index in [4.69, 9.17) is 0 Å². The monoisotopic (exact) mass is 443 g/mol. The van der Waals surface area contributed by atoms with Gasteiger partial charge in [0.2, 0.25) is 5.91 Å². The molecule has 0 atom stereocenters. The second-order valence-electron chi connectivity index (χ2n) is 7.29. The van der Waals surface area contributed by atoms with Crippen LogP contribution in [0.5, 0.6) is 0 Å². The van der Waals surface area contributed by atoms with Crippen molar-refractivity contribution >= 4 is 48.1 Å². The molecule has 10 heteroatoms. The van der Waals surface area contributed by atoms with Crippen LogP contribution in [0, 0.1) is 20.8 Å². The molecule has 8 nitrogen and oxygen atoms in total. The van der Waals surface area contributed by atoms with Gasteiger partial charge >= 0.3 is 0 Å². The maximum absolute atomic E-state index is 12.5. The molecule has 3 aromatic heterocycles. The molecular weight excluding hydrogens is 422 g/mol. The number of rotatable bonds is 5. The molecule has 4 aromatic rings. The quantitative estimate of drug-likeness (QED) is 0.507. The van der Waals surface area contributed by atoms with Crippen molar-refractivity contribution in [3.63, 3.8) is 0 Å². The van der Waals surface area contributed by atoms with Gasteiger partial charge in [0.25, 0.3) is 0 Å². The summed E-state index contributed by atoms with van der Waals surface area (Å²) < 4.78 is 26.0. The highest BCUT2D eigenvalue weighted by Gasteiger charge is 2.15. The molecule has 30 heavy (non-hydrogen) atoms. The lowest BCUT2D eigenvalue weighted by Crippen LogP contribution is -2.14. The average Bonchev–Trinajstić information content (AvgIpc) is 3.22. The summed E-state index contributed by atoms with van der Waals surface area (Å²) in [7, 11) is -3.29. The van der Waals surface area contributed by atoms with Gasteiger partial charge in [-0.1, -0.05) is 11.3 Å². The Hall–Kier alpha value is -2.85. The molecule has 4 rings (SSSR count). The van der Waals surface area contributed by atoms with Crippen molar-refractivity contribution in [1.29, 1.82) is 0 Å². The topological polar surface area (TPSA) is 106 Å². The Morgan fingerprint density at radius 2 is 1.93 bits per heavy atom. The number of aryl methyl sites for hydroxylation is 3. The van der Waals surface area contributed by atoms with Gasteiger partial charge in [-0.15, -0.1) is 0 Å². The van der Waals surface area contributed by atoms with Gasteiger partial charge in [0.15, 0.2) is 20.6 Å². The Morgan fingerprint density at radius 3 is 2.67 bits per heavy atom. The van der Waals surface area contributed by atoms with Crippen molar-refractivity contribution in [3.8, 4) is 0 Å². The Morgan fingerprint density at radius 1 is 1.17 bits per heavy atom. The molecule has 0 unspecified atom stereocenters. The normalized spacial score (nSPS) is 12.0. The summed E-state index contributed by atoms with van der Waals surface area (Å²) in [6.45, 7) is 5.84. The third kappa shape index (κ3) is 3.92. The van der Waals surface area contributed by atoms with E-state index >= 15 is 0 Å². The minimum Gasteiger partial charge on any atom is -0.302 e. The fourth-order valence-electron chi connectivity index (χ4n) is 3.41. The Kier molecular flexibility index (Phi) is 5.07. The van der Waals surface area contributed by atoms with E-state index < -0.39 is 9.84 Å². The number of anilines is 1. The number of sulfone groups is 1. The molecule has 0 aliphatic rings. The number of nitrogens with one attached hydrogen (secondary N) is 1. The van der Waals surface area contributed by atoms with Gasteiger partial charge in [-0.05, 0) is 51.0 Å². The highest BCUT2D eigenvalue weighted by atomic mass is 32.2. The molecule has 3 heterocycles. The second kappa shape index (κ2) is 7.44. The van der Waals surface area contributed by atoms with Gasteiger partial charge in [0.05, 0.1) is 20.8 Å². The summed E-state index contributed by atoms with van der Waals surface area (Å²) in [5, 5.41) is 7.73. The number of fused-ring (bicyclic) bond motifs is 2. The van der Waals surface area contributed by atoms with E-state index in [2.05, 4.69) is 20.4 Å². The van der Waals surface area contributed by atoms with Crippen LogP contribution in [0.4, 0.5) is 5.13 Å². The molecule has 0 spiro atoms. The third-order valence-corrected chi connectivity index (χ3v) is 6.97. The van der Waals surface area contributed by atoms with Crippen LogP contribution in [-0.4, -0.2) is 40.2 Å². The zero-order valence-electron chi connectivity index (χ0n) is 17.1. The van der Waals surface area contributed by atoms with Crippen LogP contribution in [0.1, 0.15) is 29.1 Å². The van der Waals surface area contributed by atoms with E-state index in [9.17, 15) is 13.2 Å².